The Morgan fingerprint density at radius 3 is 2.32 bits per heavy atom. The molecule has 156 valence electrons. The average molecular weight is 434 g/mol. The largest absolute Gasteiger partial charge is 0.450 e. The summed E-state index contributed by atoms with van der Waals surface area (Å²) in [5.74, 6) is -1.01. The second-order valence-electron chi connectivity index (χ2n) is 6.33. The van der Waals surface area contributed by atoms with Crippen LogP contribution < -0.4 is 15.4 Å². The zero-order valence-electron chi connectivity index (χ0n) is 15.5. The molecule has 0 radical (unpaired) electrons. The number of carbonyl (C=O) groups excluding carboxylic acids is 2. The highest BCUT2D eigenvalue weighted by molar-refractivity contribution is 7.92. The highest BCUT2D eigenvalue weighted by atomic mass is 32.2. The minimum Gasteiger partial charge on any atom is -0.450 e. The van der Waals surface area contributed by atoms with Gasteiger partial charge >= 0.3 is 6.09 Å². The molecule has 0 bridgehead atoms. The summed E-state index contributed by atoms with van der Waals surface area (Å²) in [5.41, 5.74) is 0.708. The predicted octanol–water partition coefficient (Wildman–Crippen LogP) is -0.487. The van der Waals surface area contributed by atoms with Gasteiger partial charge in [-0.25, -0.2) is 26.4 Å². The van der Waals surface area contributed by atoms with E-state index in [-0.39, 0.29) is 29.7 Å². The van der Waals surface area contributed by atoms with Crippen molar-refractivity contribution in [1.82, 2.24) is 15.4 Å². The van der Waals surface area contributed by atoms with E-state index in [1.807, 2.05) is 0 Å². The monoisotopic (exact) mass is 433 g/mol. The molecule has 28 heavy (non-hydrogen) atoms. The van der Waals surface area contributed by atoms with Crippen molar-refractivity contribution in [3.63, 3.8) is 0 Å². The topological polar surface area (TPSA) is 148 Å². The number of nitrogens with one attached hydrogen (secondary N) is 3. The van der Waals surface area contributed by atoms with Crippen molar-refractivity contribution in [2.75, 3.05) is 18.1 Å². The van der Waals surface area contributed by atoms with Crippen LogP contribution in [-0.2, 0) is 35.9 Å². The van der Waals surface area contributed by atoms with Gasteiger partial charge in [0, 0.05) is 13.5 Å². The van der Waals surface area contributed by atoms with E-state index in [0.29, 0.717) is 5.56 Å². The lowest BCUT2D eigenvalue weighted by atomic mass is 10.2. The third-order valence-corrected chi connectivity index (χ3v) is 7.25. The Balaban J connectivity index is 2.12. The van der Waals surface area contributed by atoms with Crippen molar-refractivity contribution in [2.24, 2.45) is 0 Å². The number of hydrogen-bond acceptors (Lipinski definition) is 7. The van der Waals surface area contributed by atoms with E-state index in [1.54, 1.807) is 19.1 Å². The second kappa shape index (κ2) is 8.88. The molecule has 2 rings (SSSR count). The fraction of sp³-hybridized carbons (Fsp3) is 0.500. The zero-order valence-corrected chi connectivity index (χ0v) is 17.1. The van der Waals surface area contributed by atoms with Crippen molar-refractivity contribution < 1.29 is 31.2 Å². The lowest BCUT2D eigenvalue weighted by molar-refractivity contribution is -0.119. The summed E-state index contributed by atoms with van der Waals surface area (Å²) in [6, 6.07) is 3.86. The maximum Gasteiger partial charge on any atom is 0.407 e. The molecular weight excluding hydrogens is 410 g/mol. The first-order chi connectivity index (χ1) is 13.0. The van der Waals surface area contributed by atoms with Gasteiger partial charge in [-0.3, -0.25) is 4.79 Å². The fourth-order valence-electron chi connectivity index (χ4n) is 2.71. The summed E-state index contributed by atoms with van der Waals surface area (Å²) >= 11 is 0. The van der Waals surface area contributed by atoms with Gasteiger partial charge in [0.15, 0.2) is 9.84 Å². The van der Waals surface area contributed by atoms with Crippen molar-refractivity contribution in [2.45, 2.75) is 37.4 Å². The fourth-order valence-corrected chi connectivity index (χ4v) is 5.95. The minimum atomic E-state index is -4.02. The number of alkyl carbamates (subject to hydrolysis) is 1. The molecule has 1 heterocycles. The van der Waals surface area contributed by atoms with Crippen LogP contribution in [0, 0.1) is 0 Å². The van der Waals surface area contributed by atoms with Crippen LogP contribution in [0.2, 0.25) is 0 Å². The van der Waals surface area contributed by atoms with E-state index in [9.17, 15) is 26.4 Å². The maximum absolute atomic E-state index is 12.6. The van der Waals surface area contributed by atoms with Gasteiger partial charge < -0.3 is 15.4 Å². The van der Waals surface area contributed by atoms with Gasteiger partial charge in [0.25, 0.3) is 0 Å². The molecule has 1 saturated heterocycles. The molecular formula is C16H23N3O7S2. The first kappa shape index (κ1) is 22.1. The molecule has 3 N–H and O–H groups in total. The first-order valence-electron chi connectivity index (χ1n) is 8.52. The Labute approximate surface area is 164 Å². The van der Waals surface area contributed by atoms with Gasteiger partial charge in [0.2, 0.25) is 15.9 Å². The van der Waals surface area contributed by atoms with Crippen LogP contribution >= 0.6 is 0 Å². The van der Waals surface area contributed by atoms with Gasteiger partial charge in [0.05, 0.1) is 35.1 Å². The number of ether oxygens (including phenoxy) is 1. The quantitative estimate of drug-likeness (QED) is 0.526. The first-order valence-corrected chi connectivity index (χ1v) is 11.8. The lowest BCUT2D eigenvalue weighted by Crippen LogP contribution is -2.50. The molecule has 0 spiro atoms. The Bertz CT molecular complexity index is 927. The number of benzene rings is 1. The summed E-state index contributed by atoms with van der Waals surface area (Å²) in [7, 11) is -7.54. The molecule has 12 heteroatoms. The van der Waals surface area contributed by atoms with Crippen LogP contribution in [0.15, 0.2) is 29.2 Å². The molecule has 1 aliphatic rings. The van der Waals surface area contributed by atoms with Gasteiger partial charge in [-0.05, 0) is 24.6 Å². The number of sulfonamides is 1. The molecule has 2 amide bonds. The van der Waals surface area contributed by atoms with E-state index < -0.39 is 43.8 Å². The molecule has 0 aliphatic carbocycles. The maximum atomic E-state index is 12.6. The van der Waals surface area contributed by atoms with Gasteiger partial charge in [-0.15, -0.1) is 0 Å². The molecule has 10 nitrogen and oxygen atoms in total. The Morgan fingerprint density at radius 1 is 1.14 bits per heavy atom. The summed E-state index contributed by atoms with van der Waals surface area (Å²) in [6.45, 7) is 3.34. The standard InChI is InChI=1S/C16H23N3O7S2/c1-3-26-16(21)18-14-9-27(22,23)10-15(14)19-28(24,25)13-6-4-12(5-7-13)8-17-11(2)20/h4-7,14-15,19H,3,8-10H2,1-2H3,(H,17,20)(H,18,21)/t14-,15-/m0/s1. The molecule has 0 aromatic heterocycles. The van der Waals surface area contributed by atoms with Gasteiger partial charge in [0.1, 0.15) is 0 Å². The third-order valence-electron chi connectivity index (χ3n) is 4.01. The van der Waals surface area contributed by atoms with E-state index in [1.165, 1.54) is 19.1 Å². The molecule has 1 aromatic carbocycles. The number of hydrogen-bond donors (Lipinski definition) is 3. The molecule has 1 fully saturated rings. The molecule has 0 unspecified atom stereocenters. The number of rotatable bonds is 7. The number of sulfone groups is 1. The van der Waals surface area contributed by atoms with Gasteiger partial charge in [-0.1, -0.05) is 12.1 Å². The Morgan fingerprint density at radius 2 is 1.75 bits per heavy atom. The van der Waals surface area contributed by atoms with Crippen LogP contribution in [0.25, 0.3) is 0 Å². The van der Waals surface area contributed by atoms with Crippen LogP contribution in [0.5, 0.6) is 0 Å². The van der Waals surface area contributed by atoms with E-state index in [2.05, 4.69) is 15.4 Å². The summed E-state index contributed by atoms with van der Waals surface area (Å²) in [6.07, 6.45) is -0.809. The second-order valence-corrected chi connectivity index (χ2v) is 10.2. The predicted molar refractivity (Wildman–Crippen MR) is 101 cm³/mol. The normalized spacial score (nSPS) is 21.1. The summed E-state index contributed by atoms with van der Waals surface area (Å²) in [5, 5.41) is 4.99. The smallest absolute Gasteiger partial charge is 0.407 e. The van der Waals surface area contributed by atoms with E-state index >= 15 is 0 Å². The van der Waals surface area contributed by atoms with Crippen LogP contribution in [0.4, 0.5) is 4.79 Å². The van der Waals surface area contributed by atoms with Crippen molar-refractivity contribution in [3.8, 4) is 0 Å². The Hall–Kier alpha value is -2.18. The zero-order chi connectivity index (χ0) is 20.9. The minimum absolute atomic E-state index is 0.0572. The summed E-state index contributed by atoms with van der Waals surface area (Å²) < 4.78 is 56.2. The van der Waals surface area contributed by atoms with Gasteiger partial charge in [-0.2, -0.15) is 0 Å². The average Bonchev–Trinajstić information content (AvgIpc) is 2.86. The highest BCUT2D eigenvalue weighted by Crippen LogP contribution is 2.17. The lowest BCUT2D eigenvalue weighted by Gasteiger charge is -2.20. The van der Waals surface area contributed by atoms with Crippen LogP contribution in [-0.4, -0.2) is 59.0 Å². The van der Waals surface area contributed by atoms with Crippen LogP contribution in [0.1, 0.15) is 19.4 Å². The SMILES string of the molecule is CCOC(=O)N[C@H]1CS(=O)(=O)C[C@@H]1NS(=O)(=O)c1ccc(CNC(C)=O)cc1. The highest BCUT2D eigenvalue weighted by Gasteiger charge is 2.41. The third kappa shape index (κ3) is 6.17. The molecule has 1 aliphatic heterocycles. The summed E-state index contributed by atoms with van der Waals surface area (Å²) in [4.78, 5) is 22.5. The number of amides is 2. The van der Waals surface area contributed by atoms with Crippen molar-refractivity contribution >= 4 is 31.9 Å². The van der Waals surface area contributed by atoms with E-state index in [0.717, 1.165) is 0 Å². The van der Waals surface area contributed by atoms with Crippen LogP contribution in [0.3, 0.4) is 0 Å². The molecule has 1 aromatic rings. The number of carbonyl (C=O) groups is 2. The van der Waals surface area contributed by atoms with E-state index in [4.69, 9.17) is 4.74 Å². The molecule has 0 saturated carbocycles. The van der Waals surface area contributed by atoms with Crippen molar-refractivity contribution in [3.05, 3.63) is 29.8 Å². The molecule has 2 atom stereocenters. The Kier molecular flexibility index (Phi) is 7.01. The van der Waals surface area contributed by atoms with Crippen molar-refractivity contribution in [1.29, 1.82) is 0 Å².